The molecular weight excluding hydrogens is 346 g/mol. The summed E-state index contributed by atoms with van der Waals surface area (Å²) in [6.45, 7) is 2.07. The molecule has 2 aliphatic heterocycles. The van der Waals surface area contributed by atoms with Gasteiger partial charge in [0.2, 0.25) is 5.91 Å². The molecule has 3 heterocycles. The minimum Gasteiger partial charge on any atom is -0.340 e. The van der Waals surface area contributed by atoms with Crippen molar-refractivity contribution < 1.29 is 9.59 Å². The molecule has 24 heavy (non-hydrogen) atoms. The second-order valence-corrected chi connectivity index (χ2v) is 7.42. The number of rotatable bonds is 3. The van der Waals surface area contributed by atoms with Crippen LogP contribution in [-0.2, 0) is 11.2 Å². The van der Waals surface area contributed by atoms with Gasteiger partial charge in [-0.2, -0.15) is 0 Å². The Labute approximate surface area is 148 Å². The van der Waals surface area contributed by atoms with Crippen LogP contribution in [0, 0.1) is 5.92 Å². The number of halogens is 1. The molecule has 0 spiro atoms. The zero-order valence-electron chi connectivity index (χ0n) is 12.9. The van der Waals surface area contributed by atoms with Gasteiger partial charge in [-0.25, -0.2) is 4.98 Å². The SMILES string of the molecule is O=C(Cc1ccc(Cl)cc1)N1C[C@H]2CN(C(=O)c3cscn3)[C@H]2C1. The minimum absolute atomic E-state index is 0.0236. The molecule has 0 saturated carbocycles. The van der Waals surface area contributed by atoms with Gasteiger partial charge in [0.1, 0.15) is 5.69 Å². The number of hydrogen-bond acceptors (Lipinski definition) is 4. The normalized spacial score (nSPS) is 22.2. The lowest BCUT2D eigenvalue weighted by molar-refractivity contribution is -0.129. The van der Waals surface area contributed by atoms with Crippen LogP contribution in [0.2, 0.25) is 5.02 Å². The number of thiazole rings is 1. The molecule has 2 aliphatic rings. The number of nitrogens with zero attached hydrogens (tertiary/aromatic N) is 3. The third kappa shape index (κ3) is 2.80. The van der Waals surface area contributed by atoms with Gasteiger partial charge in [-0.3, -0.25) is 9.59 Å². The summed E-state index contributed by atoms with van der Waals surface area (Å²) in [7, 11) is 0. The fourth-order valence-electron chi connectivity index (χ4n) is 3.43. The lowest BCUT2D eigenvalue weighted by atomic mass is 9.92. The van der Waals surface area contributed by atoms with Crippen molar-refractivity contribution >= 4 is 34.8 Å². The summed E-state index contributed by atoms with van der Waals surface area (Å²) >= 11 is 7.29. The third-order valence-electron chi connectivity index (χ3n) is 4.77. The van der Waals surface area contributed by atoms with Crippen molar-refractivity contribution in [3.05, 3.63) is 51.4 Å². The van der Waals surface area contributed by atoms with Gasteiger partial charge < -0.3 is 9.80 Å². The predicted octanol–water partition coefficient (Wildman–Crippen LogP) is 2.32. The van der Waals surface area contributed by atoms with Gasteiger partial charge in [0.15, 0.2) is 0 Å². The first-order chi connectivity index (χ1) is 11.6. The Hall–Kier alpha value is -1.92. The van der Waals surface area contributed by atoms with E-state index in [1.807, 2.05) is 21.9 Å². The number of amides is 2. The van der Waals surface area contributed by atoms with Crippen LogP contribution in [0.25, 0.3) is 0 Å². The molecule has 0 aliphatic carbocycles. The van der Waals surface area contributed by atoms with Gasteiger partial charge in [0, 0.05) is 36.0 Å². The largest absolute Gasteiger partial charge is 0.340 e. The lowest BCUT2D eigenvalue weighted by Gasteiger charge is -2.42. The highest BCUT2D eigenvalue weighted by molar-refractivity contribution is 7.07. The predicted molar refractivity (Wildman–Crippen MR) is 92.2 cm³/mol. The summed E-state index contributed by atoms with van der Waals surface area (Å²) in [4.78, 5) is 32.7. The quantitative estimate of drug-likeness (QED) is 0.843. The molecular formula is C17H16ClN3O2S. The van der Waals surface area contributed by atoms with Crippen LogP contribution in [0.5, 0.6) is 0 Å². The Kier molecular flexibility index (Phi) is 4.02. The average Bonchev–Trinajstić information content (AvgIpc) is 3.19. The van der Waals surface area contributed by atoms with E-state index in [0.717, 1.165) is 12.1 Å². The van der Waals surface area contributed by atoms with Crippen molar-refractivity contribution in [3.8, 4) is 0 Å². The van der Waals surface area contributed by atoms with Crippen molar-refractivity contribution in [2.45, 2.75) is 12.5 Å². The average molecular weight is 362 g/mol. The molecule has 7 heteroatoms. The van der Waals surface area contributed by atoms with Gasteiger partial charge in [-0.05, 0) is 17.7 Å². The van der Waals surface area contributed by atoms with Crippen LogP contribution in [0.1, 0.15) is 16.1 Å². The van der Waals surface area contributed by atoms with Crippen LogP contribution < -0.4 is 0 Å². The van der Waals surface area contributed by atoms with Crippen LogP contribution in [0.4, 0.5) is 0 Å². The fraction of sp³-hybridized carbons (Fsp3) is 0.353. The molecule has 2 atom stereocenters. The molecule has 2 saturated heterocycles. The molecule has 124 valence electrons. The van der Waals surface area contributed by atoms with Crippen molar-refractivity contribution in [2.24, 2.45) is 5.92 Å². The number of likely N-dealkylation sites (tertiary alicyclic amines) is 2. The topological polar surface area (TPSA) is 53.5 Å². The van der Waals surface area contributed by atoms with Crippen LogP contribution >= 0.6 is 22.9 Å². The van der Waals surface area contributed by atoms with E-state index in [-0.39, 0.29) is 17.9 Å². The van der Waals surface area contributed by atoms with E-state index in [9.17, 15) is 9.59 Å². The van der Waals surface area contributed by atoms with E-state index in [0.29, 0.717) is 36.1 Å². The minimum atomic E-state index is -0.0236. The Balaban J connectivity index is 1.37. The summed E-state index contributed by atoms with van der Waals surface area (Å²) in [5.41, 5.74) is 3.13. The van der Waals surface area contributed by atoms with Crippen molar-refractivity contribution in [2.75, 3.05) is 19.6 Å². The number of carbonyl (C=O) groups excluding carboxylic acids is 2. The van der Waals surface area contributed by atoms with Gasteiger partial charge in [0.25, 0.3) is 5.91 Å². The van der Waals surface area contributed by atoms with Gasteiger partial charge in [-0.15, -0.1) is 11.3 Å². The van der Waals surface area contributed by atoms with E-state index in [2.05, 4.69) is 4.98 Å². The van der Waals surface area contributed by atoms with Crippen LogP contribution in [0.15, 0.2) is 35.2 Å². The Morgan fingerprint density at radius 2 is 2.00 bits per heavy atom. The number of fused-ring (bicyclic) bond motifs is 1. The fourth-order valence-corrected chi connectivity index (χ4v) is 4.08. The van der Waals surface area contributed by atoms with Gasteiger partial charge in [-0.1, -0.05) is 23.7 Å². The van der Waals surface area contributed by atoms with Crippen LogP contribution in [-0.4, -0.2) is 52.3 Å². The molecule has 1 aromatic heterocycles. The Morgan fingerprint density at radius 1 is 1.21 bits per heavy atom. The maximum absolute atomic E-state index is 12.5. The first-order valence-electron chi connectivity index (χ1n) is 7.83. The summed E-state index contributed by atoms with van der Waals surface area (Å²) in [5.74, 6) is 0.471. The van der Waals surface area contributed by atoms with E-state index in [1.165, 1.54) is 11.3 Å². The van der Waals surface area contributed by atoms with E-state index >= 15 is 0 Å². The maximum atomic E-state index is 12.5. The molecule has 0 unspecified atom stereocenters. The number of carbonyl (C=O) groups is 2. The molecule has 4 rings (SSSR count). The van der Waals surface area contributed by atoms with E-state index < -0.39 is 0 Å². The molecule has 0 bridgehead atoms. The van der Waals surface area contributed by atoms with Crippen molar-refractivity contribution in [3.63, 3.8) is 0 Å². The zero-order chi connectivity index (χ0) is 16.7. The molecule has 2 amide bonds. The summed E-state index contributed by atoms with van der Waals surface area (Å²) in [5, 5.41) is 2.44. The first kappa shape index (κ1) is 15.6. The molecule has 0 radical (unpaired) electrons. The Morgan fingerprint density at radius 3 is 2.71 bits per heavy atom. The number of hydrogen-bond donors (Lipinski definition) is 0. The lowest BCUT2D eigenvalue weighted by Crippen LogP contribution is -2.58. The van der Waals surface area contributed by atoms with Crippen molar-refractivity contribution in [1.82, 2.24) is 14.8 Å². The molecule has 2 fully saturated rings. The second-order valence-electron chi connectivity index (χ2n) is 6.26. The zero-order valence-corrected chi connectivity index (χ0v) is 14.5. The van der Waals surface area contributed by atoms with Gasteiger partial charge >= 0.3 is 0 Å². The van der Waals surface area contributed by atoms with E-state index in [1.54, 1.807) is 23.0 Å². The second kappa shape index (κ2) is 6.18. The molecule has 2 aromatic rings. The molecule has 1 aromatic carbocycles. The molecule has 5 nitrogen and oxygen atoms in total. The number of aromatic nitrogens is 1. The summed E-state index contributed by atoms with van der Waals surface area (Å²) in [6, 6.07) is 7.48. The standard InChI is InChI=1S/C17H16ClN3O2S/c18-13-3-1-11(2-4-13)5-16(22)20-6-12-7-21(15(12)8-20)17(23)14-9-24-10-19-14/h1-4,9-10,12,15H,5-8H2/t12-,15-/m0/s1. The Bertz CT molecular complexity index is 763. The van der Waals surface area contributed by atoms with Crippen molar-refractivity contribution in [1.29, 1.82) is 0 Å². The summed E-state index contributed by atoms with van der Waals surface area (Å²) in [6.07, 6.45) is 0.372. The monoisotopic (exact) mass is 361 g/mol. The number of benzene rings is 1. The maximum Gasteiger partial charge on any atom is 0.273 e. The highest BCUT2D eigenvalue weighted by Crippen LogP contribution is 2.33. The smallest absolute Gasteiger partial charge is 0.273 e. The third-order valence-corrected chi connectivity index (χ3v) is 5.61. The van der Waals surface area contributed by atoms with E-state index in [4.69, 9.17) is 11.6 Å². The molecule has 0 N–H and O–H groups in total. The summed E-state index contributed by atoms with van der Waals surface area (Å²) < 4.78 is 0. The highest BCUT2D eigenvalue weighted by Gasteiger charge is 2.49. The highest BCUT2D eigenvalue weighted by atomic mass is 35.5. The first-order valence-corrected chi connectivity index (χ1v) is 9.15. The van der Waals surface area contributed by atoms with Gasteiger partial charge in [0.05, 0.1) is 18.0 Å². The van der Waals surface area contributed by atoms with Crippen LogP contribution in [0.3, 0.4) is 0 Å².